The molecule has 0 aliphatic rings. The van der Waals surface area contributed by atoms with Gasteiger partial charge in [-0.3, -0.25) is 0 Å². The van der Waals surface area contributed by atoms with E-state index >= 15 is 0 Å². The van der Waals surface area contributed by atoms with Crippen LogP contribution in [-0.2, 0) is 13.0 Å². The largest absolute Gasteiger partial charge is 0.489 e. The number of benzene rings is 2. The Morgan fingerprint density at radius 3 is 2.48 bits per heavy atom. The lowest BCUT2D eigenvalue weighted by molar-refractivity contribution is 0.304. The zero-order valence-corrected chi connectivity index (χ0v) is 12.0. The number of halogens is 1. The first-order valence-corrected chi connectivity index (χ1v) is 6.91. The van der Waals surface area contributed by atoms with Gasteiger partial charge in [0.25, 0.3) is 0 Å². The van der Waals surface area contributed by atoms with E-state index in [0.717, 1.165) is 12.0 Å². The minimum atomic E-state index is -0.366. The van der Waals surface area contributed by atoms with Crippen molar-refractivity contribution in [2.45, 2.75) is 20.0 Å². The molecule has 2 aromatic rings. The molecule has 0 spiro atoms. The lowest BCUT2D eigenvalue weighted by Crippen LogP contribution is -1.97. The van der Waals surface area contributed by atoms with Gasteiger partial charge in [0.1, 0.15) is 18.2 Å². The van der Waals surface area contributed by atoms with E-state index in [1.165, 1.54) is 17.7 Å². The maximum absolute atomic E-state index is 13.5. The van der Waals surface area contributed by atoms with Crippen LogP contribution < -0.4 is 10.5 Å². The maximum Gasteiger partial charge on any atom is 0.128 e. The number of hydrogen-bond donors (Lipinski definition) is 1. The van der Waals surface area contributed by atoms with Gasteiger partial charge in [0, 0.05) is 11.6 Å². The average molecular weight is 283 g/mol. The highest BCUT2D eigenvalue weighted by molar-refractivity contribution is 5.40. The van der Waals surface area contributed by atoms with Crippen molar-refractivity contribution in [3.63, 3.8) is 0 Å². The lowest BCUT2D eigenvalue weighted by atomic mass is 10.1. The van der Waals surface area contributed by atoms with Crippen molar-refractivity contribution < 1.29 is 9.13 Å². The van der Waals surface area contributed by atoms with E-state index < -0.39 is 0 Å². The Hall–Kier alpha value is -2.31. The molecule has 0 saturated carbocycles. The standard InChI is InChI=1S/C18H18FNO/c1-2-14-5-7-15(8-6-14)13-21-18-11-16(4-3-9-20)10-17(19)12-18/h5-8,10-12H,2,9,13,20H2,1H3. The summed E-state index contributed by atoms with van der Waals surface area (Å²) in [5, 5.41) is 0. The fourth-order valence-corrected chi connectivity index (χ4v) is 1.91. The Balaban J connectivity index is 2.06. The SMILES string of the molecule is CCc1ccc(COc2cc(F)cc(C#CCN)c2)cc1. The van der Waals surface area contributed by atoms with Crippen LogP contribution in [0.4, 0.5) is 4.39 Å². The van der Waals surface area contributed by atoms with E-state index in [1.807, 2.05) is 12.1 Å². The lowest BCUT2D eigenvalue weighted by Gasteiger charge is -2.07. The van der Waals surface area contributed by atoms with Gasteiger partial charge in [0.2, 0.25) is 0 Å². The summed E-state index contributed by atoms with van der Waals surface area (Å²) in [6.45, 7) is 2.76. The Labute approximate surface area is 124 Å². The van der Waals surface area contributed by atoms with Crippen molar-refractivity contribution in [3.05, 3.63) is 65.0 Å². The molecular formula is C18H18FNO. The molecule has 0 aromatic heterocycles. The molecule has 108 valence electrons. The van der Waals surface area contributed by atoms with Crippen LogP contribution in [0.25, 0.3) is 0 Å². The molecule has 0 bridgehead atoms. The topological polar surface area (TPSA) is 35.2 Å². The van der Waals surface area contributed by atoms with Gasteiger partial charge in [0.15, 0.2) is 0 Å². The predicted octanol–water partition coefficient (Wildman–Crippen LogP) is 3.28. The molecule has 0 aliphatic heterocycles. The van der Waals surface area contributed by atoms with E-state index in [9.17, 15) is 4.39 Å². The van der Waals surface area contributed by atoms with Crippen molar-refractivity contribution in [2.24, 2.45) is 5.73 Å². The third-order valence-corrected chi connectivity index (χ3v) is 3.04. The first-order chi connectivity index (χ1) is 10.2. The summed E-state index contributed by atoms with van der Waals surface area (Å²) in [4.78, 5) is 0. The summed E-state index contributed by atoms with van der Waals surface area (Å²) in [7, 11) is 0. The van der Waals surface area contributed by atoms with E-state index in [1.54, 1.807) is 6.07 Å². The number of ether oxygens (including phenoxy) is 1. The van der Waals surface area contributed by atoms with Crippen LogP contribution in [0.1, 0.15) is 23.6 Å². The molecule has 2 aromatic carbocycles. The van der Waals surface area contributed by atoms with Crippen LogP contribution >= 0.6 is 0 Å². The molecule has 0 atom stereocenters. The molecular weight excluding hydrogens is 265 g/mol. The van der Waals surface area contributed by atoms with E-state index in [-0.39, 0.29) is 12.4 Å². The van der Waals surface area contributed by atoms with Gasteiger partial charge < -0.3 is 10.5 Å². The fourth-order valence-electron chi connectivity index (χ4n) is 1.91. The Bertz CT molecular complexity index is 653. The van der Waals surface area contributed by atoms with Gasteiger partial charge in [-0.1, -0.05) is 43.0 Å². The van der Waals surface area contributed by atoms with Crippen molar-refractivity contribution in [1.82, 2.24) is 0 Å². The molecule has 2 rings (SSSR count). The summed E-state index contributed by atoms with van der Waals surface area (Å²) in [5.41, 5.74) is 8.21. The highest BCUT2D eigenvalue weighted by Crippen LogP contribution is 2.17. The zero-order valence-electron chi connectivity index (χ0n) is 12.0. The Morgan fingerprint density at radius 2 is 1.81 bits per heavy atom. The summed E-state index contributed by atoms with van der Waals surface area (Å²) < 4.78 is 19.1. The second kappa shape index (κ2) is 7.47. The normalized spacial score (nSPS) is 9.86. The third kappa shape index (κ3) is 4.62. The summed E-state index contributed by atoms with van der Waals surface area (Å²) in [6, 6.07) is 12.6. The summed E-state index contributed by atoms with van der Waals surface area (Å²) in [5.74, 6) is 5.61. The Kier molecular flexibility index (Phi) is 5.36. The molecule has 0 fully saturated rings. The van der Waals surface area contributed by atoms with Crippen molar-refractivity contribution in [3.8, 4) is 17.6 Å². The highest BCUT2D eigenvalue weighted by atomic mass is 19.1. The number of rotatable bonds is 4. The molecule has 0 radical (unpaired) electrons. The van der Waals surface area contributed by atoms with Crippen LogP contribution in [0.15, 0.2) is 42.5 Å². The molecule has 0 saturated heterocycles. The van der Waals surface area contributed by atoms with Crippen molar-refractivity contribution in [1.29, 1.82) is 0 Å². The van der Waals surface area contributed by atoms with Crippen LogP contribution in [0.5, 0.6) is 5.75 Å². The molecule has 21 heavy (non-hydrogen) atoms. The zero-order chi connectivity index (χ0) is 15.1. The molecule has 2 N–H and O–H groups in total. The monoisotopic (exact) mass is 283 g/mol. The minimum Gasteiger partial charge on any atom is -0.489 e. The van der Waals surface area contributed by atoms with Crippen molar-refractivity contribution in [2.75, 3.05) is 6.54 Å². The highest BCUT2D eigenvalue weighted by Gasteiger charge is 2.01. The van der Waals surface area contributed by atoms with Gasteiger partial charge in [-0.05, 0) is 29.7 Å². The first kappa shape index (κ1) is 15.1. The summed E-state index contributed by atoms with van der Waals surface area (Å²) in [6.07, 6.45) is 1.01. The molecule has 0 heterocycles. The molecule has 0 unspecified atom stereocenters. The number of hydrogen-bond acceptors (Lipinski definition) is 2. The van der Waals surface area contributed by atoms with Crippen LogP contribution in [0.3, 0.4) is 0 Å². The average Bonchev–Trinajstić information content (AvgIpc) is 2.51. The van der Waals surface area contributed by atoms with Crippen molar-refractivity contribution >= 4 is 0 Å². The third-order valence-electron chi connectivity index (χ3n) is 3.04. The fraction of sp³-hybridized carbons (Fsp3) is 0.222. The van der Waals surface area contributed by atoms with Gasteiger partial charge in [0.05, 0.1) is 6.54 Å². The first-order valence-electron chi connectivity index (χ1n) is 6.91. The van der Waals surface area contributed by atoms with Gasteiger partial charge in [-0.25, -0.2) is 4.39 Å². The van der Waals surface area contributed by atoms with Crippen LogP contribution in [-0.4, -0.2) is 6.54 Å². The van der Waals surface area contributed by atoms with Crippen LogP contribution in [0, 0.1) is 17.7 Å². The van der Waals surface area contributed by atoms with Crippen LogP contribution in [0.2, 0.25) is 0 Å². The minimum absolute atomic E-state index is 0.247. The predicted molar refractivity (Wildman–Crippen MR) is 82.5 cm³/mol. The molecule has 0 amide bonds. The smallest absolute Gasteiger partial charge is 0.128 e. The van der Waals surface area contributed by atoms with E-state index in [0.29, 0.717) is 17.9 Å². The molecule has 2 nitrogen and oxygen atoms in total. The Morgan fingerprint density at radius 1 is 1.10 bits per heavy atom. The summed E-state index contributed by atoms with van der Waals surface area (Å²) >= 11 is 0. The van der Waals surface area contributed by atoms with E-state index in [2.05, 4.69) is 30.9 Å². The van der Waals surface area contributed by atoms with E-state index in [4.69, 9.17) is 10.5 Å². The van der Waals surface area contributed by atoms with Gasteiger partial charge in [-0.2, -0.15) is 0 Å². The number of aryl methyl sites for hydroxylation is 1. The number of nitrogens with two attached hydrogens (primary N) is 1. The molecule has 0 aliphatic carbocycles. The molecule has 3 heteroatoms. The quantitative estimate of drug-likeness (QED) is 0.874. The van der Waals surface area contributed by atoms with Gasteiger partial charge in [-0.15, -0.1) is 0 Å². The second-order valence-corrected chi connectivity index (χ2v) is 4.64. The van der Waals surface area contributed by atoms with Gasteiger partial charge >= 0.3 is 0 Å². The second-order valence-electron chi connectivity index (χ2n) is 4.64. The maximum atomic E-state index is 13.5.